The number of hydrogen-bond donors (Lipinski definition) is 0. The molecule has 2 heteroatoms. The van der Waals surface area contributed by atoms with Gasteiger partial charge in [0, 0.05) is 17.6 Å². The van der Waals surface area contributed by atoms with Gasteiger partial charge >= 0.3 is 0 Å². The first kappa shape index (κ1) is 10.0. The monoisotopic (exact) mass is 253 g/mol. The fraction of sp³-hybridized carbons (Fsp3) is 0.500. The van der Waals surface area contributed by atoms with E-state index in [-0.39, 0.29) is 0 Å². The van der Waals surface area contributed by atoms with Crippen molar-refractivity contribution >= 4 is 21.6 Å². The Labute approximate surface area is 94.2 Å². The van der Waals surface area contributed by atoms with Gasteiger partial charge in [-0.15, -0.1) is 0 Å². The van der Waals surface area contributed by atoms with Gasteiger partial charge in [-0.3, -0.25) is 0 Å². The summed E-state index contributed by atoms with van der Waals surface area (Å²) in [4.78, 5) is 2.45. The minimum atomic E-state index is 0.905. The molecule has 1 heterocycles. The molecule has 0 aromatic heterocycles. The lowest BCUT2D eigenvalue weighted by Gasteiger charge is -2.41. The van der Waals surface area contributed by atoms with Crippen LogP contribution in [-0.2, 0) is 0 Å². The molecule has 1 aliphatic rings. The molecule has 2 rings (SSSR count). The summed E-state index contributed by atoms with van der Waals surface area (Å²) in [5, 5.41) is 0. The summed E-state index contributed by atoms with van der Waals surface area (Å²) in [5.74, 6) is 0.905. The van der Waals surface area contributed by atoms with Crippen LogP contribution in [0.15, 0.2) is 22.7 Å². The van der Waals surface area contributed by atoms with E-state index in [2.05, 4.69) is 52.9 Å². The number of halogens is 1. The summed E-state index contributed by atoms with van der Waals surface area (Å²) >= 11 is 3.61. The summed E-state index contributed by atoms with van der Waals surface area (Å²) < 4.78 is 1.22. The zero-order chi connectivity index (χ0) is 10.1. The van der Waals surface area contributed by atoms with Crippen LogP contribution in [0.3, 0.4) is 0 Å². The van der Waals surface area contributed by atoms with Crippen LogP contribution < -0.4 is 4.90 Å². The van der Waals surface area contributed by atoms with E-state index in [0.29, 0.717) is 0 Å². The van der Waals surface area contributed by atoms with E-state index in [9.17, 15) is 0 Å². The normalized spacial score (nSPS) is 16.9. The molecule has 1 fully saturated rings. The lowest BCUT2D eigenvalue weighted by atomic mass is 9.96. The molecule has 0 aliphatic carbocycles. The first-order valence-corrected chi connectivity index (χ1v) is 6.01. The number of benzene rings is 1. The van der Waals surface area contributed by atoms with Gasteiger partial charge in [-0.05, 0) is 52.9 Å². The SMILES string of the molecule is CCC1CN(c2cc(C)ccc2Br)C1. The molecule has 0 radical (unpaired) electrons. The van der Waals surface area contributed by atoms with Crippen LogP contribution in [0.5, 0.6) is 0 Å². The van der Waals surface area contributed by atoms with Gasteiger partial charge in [0.15, 0.2) is 0 Å². The van der Waals surface area contributed by atoms with Crippen molar-refractivity contribution in [3.63, 3.8) is 0 Å². The van der Waals surface area contributed by atoms with Crippen molar-refractivity contribution in [2.24, 2.45) is 5.92 Å². The second kappa shape index (κ2) is 3.93. The van der Waals surface area contributed by atoms with Gasteiger partial charge < -0.3 is 4.90 Å². The lowest BCUT2D eigenvalue weighted by Crippen LogP contribution is -2.46. The van der Waals surface area contributed by atoms with Crippen molar-refractivity contribution in [1.82, 2.24) is 0 Å². The smallest absolute Gasteiger partial charge is 0.0513 e. The Kier molecular flexibility index (Phi) is 2.82. The second-order valence-electron chi connectivity index (χ2n) is 4.13. The maximum absolute atomic E-state index is 3.61. The van der Waals surface area contributed by atoms with Crippen LogP contribution in [0.2, 0.25) is 0 Å². The molecule has 0 saturated carbocycles. The molecule has 0 N–H and O–H groups in total. The first-order chi connectivity index (χ1) is 6.70. The average Bonchev–Trinajstić information content (AvgIpc) is 2.09. The maximum Gasteiger partial charge on any atom is 0.0513 e. The van der Waals surface area contributed by atoms with Crippen LogP contribution >= 0.6 is 15.9 Å². The van der Waals surface area contributed by atoms with E-state index in [1.54, 1.807) is 0 Å². The molecule has 1 nitrogen and oxygen atoms in total. The third-order valence-electron chi connectivity index (χ3n) is 2.98. The summed E-state index contributed by atoms with van der Waals surface area (Å²) in [6.45, 7) is 6.86. The van der Waals surface area contributed by atoms with Gasteiger partial charge in [-0.1, -0.05) is 13.0 Å². The standard InChI is InChI=1S/C12H16BrN/c1-3-10-7-14(8-10)12-6-9(2)4-5-11(12)13/h4-6,10H,3,7-8H2,1-2H3. The third-order valence-corrected chi connectivity index (χ3v) is 3.65. The van der Waals surface area contributed by atoms with Gasteiger partial charge in [0.05, 0.1) is 5.69 Å². The summed E-state index contributed by atoms with van der Waals surface area (Å²) in [5.41, 5.74) is 2.69. The van der Waals surface area contributed by atoms with Crippen molar-refractivity contribution < 1.29 is 0 Å². The van der Waals surface area contributed by atoms with Gasteiger partial charge in [0.2, 0.25) is 0 Å². The molecule has 0 atom stereocenters. The molecule has 0 unspecified atom stereocenters. The van der Waals surface area contributed by atoms with Crippen molar-refractivity contribution in [2.75, 3.05) is 18.0 Å². The third kappa shape index (κ3) is 1.81. The molecule has 76 valence electrons. The fourth-order valence-electron chi connectivity index (χ4n) is 1.89. The van der Waals surface area contributed by atoms with Gasteiger partial charge in [-0.25, -0.2) is 0 Å². The topological polar surface area (TPSA) is 3.24 Å². The molecule has 0 spiro atoms. The van der Waals surface area contributed by atoms with E-state index in [1.807, 2.05) is 0 Å². The Balaban J connectivity index is 2.13. The number of aryl methyl sites for hydroxylation is 1. The highest BCUT2D eigenvalue weighted by Gasteiger charge is 2.26. The van der Waals surface area contributed by atoms with Crippen molar-refractivity contribution in [3.8, 4) is 0 Å². The van der Waals surface area contributed by atoms with Gasteiger partial charge in [0.25, 0.3) is 0 Å². The molecule has 0 bridgehead atoms. The Morgan fingerprint density at radius 1 is 1.43 bits per heavy atom. The Hall–Kier alpha value is -0.500. The van der Waals surface area contributed by atoms with Crippen LogP contribution in [0.4, 0.5) is 5.69 Å². The highest BCUT2D eigenvalue weighted by molar-refractivity contribution is 9.10. The minimum absolute atomic E-state index is 0.905. The van der Waals surface area contributed by atoms with Gasteiger partial charge in [-0.2, -0.15) is 0 Å². The van der Waals surface area contributed by atoms with Crippen LogP contribution in [0.25, 0.3) is 0 Å². The molecule has 14 heavy (non-hydrogen) atoms. The summed E-state index contributed by atoms with van der Waals surface area (Å²) in [6, 6.07) is 6.55. The molecular weight excluding hydrogens is 238 g/mol. The molecule has 1 aliphatic heterocycles. The van der Waals surface area contributed by atoms with Crippen LogP contribution in [0, 0.1) is 12.8 Å². The molecular formula is C12H16BrN. The zero-order valence-electron chi connectivity index (χ0n) is 8.76. The predicted octanol–water partition coefficient (Wildman–Crippen LogP) is 3.60. The first-order valence-electron chi connectivity index (χ1n) is 5.21. The highest BCUT2D eigenvalue weighted by atomic mass is 79.9. The van der Waals surface area contributed by atoms with E-state index in [0.717, 1.165) is 5.92 Å². The maximum atomic E-state index is 3.61. The summed E-state index contributed by atoms with van der Waals surface area (Å²) in [7, 11) is 0. The van der Waals surface area contributed by atoms with Crippen molar-refractivity contribution in [3.05, 3.63) is 28.2 Å². The van der Waals surface area contributed by atoms with E-state index in [4.69, 9.17) is 0 Å². The second-order valence-corrected chi connectivity index (χ2v) is 4.99. The Morgan fingerprint density at radius 2 is 2.14 bits per heavy atom. The highest BCUT2D eigenvalue weighted by Crippen LogP contribution is 2.33. The quantitative estimate of drug-likeness (QED) is 0.779. The van der Waals surface area contributed by atoms with Crippen LogP contribution in [0.1, 0.15) is 18.9 Å². The molecule has 1 aromatic rings. The van der Waals surface area contributed by atoms with E-state index >= 15 is 0 Å². The molecule has 1 aromatic carbocycles. The summed E-state index contributed by atoms with van der Waals surface area (Å²) in [6.07, 6.45) is 1.31. The zero-order valence-corrected chi connectivity index (χ0v) is 10.3. The molecule has 1 saturated heterocycles. The lowest BCUT2D eigenvalue weighted by molar-refractivity contribution is 0.398. The number of rotatable bonds is 2. The predicted molar refractivity (Wildman–Crippen MR) is 64.9 cm³/mol. The van der Waals surface area contributed by atoms with Gasteiger partial charge in [0.1, 0.15) is 0 Å². The van der Waals surface area contributed by atoms with Crippen molar-refractivity contribution in [1.29, 1.82) is 0 Å². The number of nitrogens with zero attached hydrogens (tertiary/aromatic N) is 1. The average molecular weight is 254 g/mol. The molecule has 0 amide bonds. The van der Waals surface area contributed by atoms with Crippen molar-refractivity contribution in [2.45, 2.75) is 20.3 Å². The fourth-order valence-corrected chi connectivity index (χ4v) is 2.39. The van der Waals surface area contributed by atoms with E-state index < -0.39 is 0 Å². The Bertz CT molecular complexity index is 329. The largest absolute Gasteiger partial charge is 0.370 e. The number of hydrogen-bond acceptors (Lipinski definition) is 1. The number of anilines is 1. The van der Waals surface area contributed by atoms with Crippen LogP contribution in [-0.4, -0.2) is 13.1 Å². The van der Waals surface area contributed by atoms with E-state index in [1.165, 1.54) is 35.2 Å². The Morgan fingerprint density at radius 3 is 2.79 bits per heavy atom. The minimum Gasteiger partial charge on any atom is -0.370 e.